The minimum absolute atomic E-state index is 0.0753. The molecule has 0 saturated heterocycles. The van der Waals surface area contributed by atoms with Crippen LogP contribution in [0, 0.1) is 27.4 Å². The summed E-state index contributed by atoms with van der Waals surface area (Å²) in [6.07, 6.45) is 0. The van der Waals surface area contributed by atoms with E-state index in [4.69, 9.17) is 4.74 Å². The zero-order chi connectivity index (χ0) is 23.5. The summed E-state index contributed by atoms with van der Waals surface area (Å²) in [5.74, 6) is -1.71. The summed E-state index contributed by atoms with van der Waals surface area (Å²) in [4.78, 5) is 42.2. The number of ketones is 1. The summed E-state index contributed by atoms with van der Waals surface area (Å²) in [5, 5.41) is 20.7. The van der Waals surface area contributed by atoms with E-state index in [1.54, 1.807) is 6.07 Å². The molecule has 0 radical (unpaired) electrons. The lowest BCUT2D eigenvalue weighted by atomic mass is 10.1. The molecule has 2 aromatic carbocycles. The molecule has 3 aromatic rings. The van der Waals surface area contributed by atoms with Gasteiger partial charge in [0.15, 0.2) is 17.5 Å². The van der Waals surface area contributed by atoms with Crippen LogP contribution in [-0.4, -0.2) is 45.6 Å². The number of amides is 1. The van der Waals surface area contributed by atoms with Gasteiger partial charge in [-0.25, -0.2) is 4.98 Å². The Labute approximate surface area is 192 Å². The molecule has 1 atom stereocenters. The number of nitro benzene ring substituents is 1. The number of nitro groups is 1. The molecule has 1 aromatic heterocycles. The molecule has 0 N–H and O–H groups in total. The van der Waals surface area contributed by atoms with Crippen molar-refractivity contribution in [3.63, 3.8) is 0 Å². The number of nitriles is 1. The standard InChI is InChI=1S/C22H19N5O5S/c1-32-20-7-6-14(10-18(20)27(30)31)12-33-13-19(28)15(11-23)21(29)26-9-8-25-17-5-3-2-4-16(17)24-22(25)26/h2-7,10,15H,8-9,12-13H2,1H3/t15-/m0/s1. The van der Waals surface area contributed by atoms with E-state index in [2.05, 4.69) is 4.98 Å². The molecular formula is C22H19N5O5S. The average molecular weight is 465 g/mol. The Morgan fingerprint density at radius 1 is 1.30 bits per heavy atom. The fourth-order valence-corrected chi connectivity index (χ4v) is 4.62. The SMILES string of the molecule is COc1ccc(CSCC(=O)[C@H](C#N)C(=O)N2CCn3c2nc2ccccc23)cc1[N+](=O)[O-]. The molecule has 0 fully saturated rings. The number of anilines is 1. The third-order valence-electron chi connectivity index (χ3n) is 5.34. The summed E-state index contributed by atoms with van der Waals surface area (Å²) < 4.78 is 6.88. The molecule has 2 heterocycles. The van der Waals surface area contributed by atoms with Crippen molar-refractivity contribution in [1.82, 2.24) is 9.55 Å². The molecule has 1 amide bonds. The van der Waals surface area contributed by atoms with Crippen LogP contribution in [-0.2, 0) is 21.9 Å². The minimum Gasteiger partial charge on any atom is -0.490 e. The number of rotatable bonds is 8. The fourth-order valence-electron chi connectivity index (χ4n) is 3.74. The van der Waals surface area contributed by atoms with Crippen LogP contribution in [0.5, 0.6) is 5.75 Å². The van der Waals surface area contributed by atoms with E-state index in [1.165, 1.54) is 35.9 Å². The van der Waals surface area contributed by atoms with Crippen LogP contribution in [0.25, 0.3) is 11.0 Å². The summed E-state index contributed by atoms with van der Waals surface area (Å²) in [5.41, 5.74) is 2.11. The second kappa shape index (κ2) is 9.30. The van der Waals surface area contributed by atoms with Gasteiger partial charge in [-0.1, -0.05) is 18.2 Å². The zero-order valence-corrected chi connectivity index (χ0v) is 18.4. The Morgan fingerprint density at radius 3 is 2.82 bits per heavy atom. The molecular weight excluding hydrogens is 446 g/mol. The van der Waals surface area contributed by atoms with Gasteiger partial charge < -0.3 is 9.30 Å². The smallest absolute Gasteiger partial charge is 0.311 e. The number of methoxy groups -OCH3 is 1. The highest BCUT2D eigenvalue weighted by Gasteiger charge is 2.36. The van der Waals surface area contributed by atoms with Gasteiger partial charge in [0.25, 0.3) is 5.91 Å². The Hall–Kier alpha value is -3.91. The molecule has 0 unspecified atom stereocenters. The number of para-hydroxylation sites is 2. The van der Waals surface area contributed by atoms with Gasteiger partial charge in [0.1, 0.15) is 0 Å². The van der Waals surface area contributed by atoms with Gasteiger partial charge in [0, 0.05) is 24.9 Å². The Kier molecular flexibility index (Phi) is 6.28. The topological polar surface area (TPSA) is 131 Å². The lowest BCUT2D eigenvalue weighted by Crippen LogP contribution is -2.39. The molecule has 0 bridgehead atoms. The second-order valence-corrected chi connectivity index (χ2v) is 8.31. The van der Waals surface area contributed by atoms with E-state index >= 15 is 0 Å². The Balaban J connectivity index is 1.41. The van der Waals surface area contributed by atoms with Crippen molar-refractivity contribution in [2.24, 2.45) is 5.92 Å². The van der Waals surface area contributed by atoms with Crippen molar-refractivity contribution < 1.29 is 19.2 Å². The van der Waals surface area contributed by atoms with Crippen molar-refractivity contribution in [1.29, 1.82) is 5.26 Å². The Morgan fingerprint density at radius 2 is 2.09 bits per heavy atom. The maximum Gasteiger partial charge on any atom is 0.311 e. The molecule has 168 valence electrons. The number of Topliss-reactive ketones (excluding diaryl/α,β-unsaturated/α-hetero) is 1. The maximum atomic E-state index is 13.0. The van der Waals surface area contributed by atoms with Crippen molar-refractivity contribution in [2.75, 3.05) is 24.3 Å². The fraction of sp³-hybridized carbons (Fsp3) is 0.273. The number of benzene rings is 2. The van der Waals surface area contributed by atoms with Crippen LogP contribution >= 0.6 is 11.8 Å². The number of carbonyl (C=O) groups excluding carboxylic acids is 2. The first-order valence-corrected chi connectivity index (χ1v) is 11.2. The number of hydrogen-bond donors (Lipinski definition) is 0. The van der Waals surface area contributed by atoms with Gasteiger partial charge in [-0.15, -0.1) is 11.8 Å². The van der Waals surface area contributed by atoms with E-state index in [0.29, 0.717) is 30.4 Å². The largest absolute Gasteiger partial charge is 0.490 e. The molecule has 0 spiro atoms. The number of hydrogen-bond acceptors (Lipinski definition) is 8. The van der Waals surface area contributed by atoms with E-state index in [-0.39, 0.29) is 17.2 Å². The molecule has 0 saturated carbocycles. The normalized spacial score (nSPS) is 13.4. The predicted molar refractivity (Wildman–Crippen MR) is 122 cm³/mol. The van der Waals surface area contributed by atoms with E-state index in [9.17, 15) is 25.0 Å². The Bertz CT molecular complexity index is 1300. The van der Waals surface area contributed by atoms with Gasteiger partial charge >= 0.3 is 5.69 Å². The van der Waals surface area contributed by atoms with E-state index in [0.717, 1.165) is 11.0 Å². The quantitative estimate of drug-likeness (QED) is 0.282. The highest BCUT2D eigenvalue weighted by atomic mass is 32.2. The average Bonchev–Trinajstić information content (AvgIpc) is 3.38. The molecule has 1 aliphatic heterocycles. The van der Waals surface area contributed by atoms with Crippen LogP contribution in [0.15, 0.2) is 42.5 Å². The van der Waals surface area contributed by atoms with Gasteiger partial charge in [0.2, 0.25) is 5.95 Å². The highest BCUT2D eigenvalue weighted by molar-refractivity contribution is 7.99. The third kappa shape index (κ3) is 4.25. The number of nitrogens with zero attached hydrogens (tertiary/aromatic N) is 5. The van der Waals surface area contributed by atoms with Crippen LogP contribution in [0.2, 0.25) is 0 Å². The first-order valence-electron chi connectivity index (χ1n) is 10.0. The highest BCUT2D eigenvalue weighted by Crippen LogP contribution is 2.30. The molecule has 33 heavy (non-hydrogen) atoms. The first-order chi connectivity index (χ1) is 15.9. The number of imidazole rings is 1. The second-order valence-electron chi connectivity index (χ2n) is 7.33. The summed E-state index contributed by atoms with van der Waals surface area (Å²) in [6, 6.07) is 13.9. The maximum absolute atomic E-state index is 13.0. The van der Waals surface area contributed by atoms with Crippen LogP contribution in [0.1, 0.15) is 5.56 Å². The van der Waals surface area contributed by atoms with Gasteiger partial charge in [-0.05, 0) is 23.8 Å². The van der Waals surface area contributed by atoms with Crippen LogP contribution in [0.4, 0.5) is 11.6 Å². The summed E-state index contributed by atoms with van der Waals surface area (Å²) >= 11 is 1.19. The minimum atomic E-state index is -1.44. The predicted octanol–water partition coefficient (Wildman–Crippen LogP) is 2.94. The van der Waals surface area contributed by atoms with Crippen molar-refractivity contribution >= 4 is 46.1 Å². The number of ether oxygens (including phenoxy) is 1. The van der Waals surface area contributed by atoms with Crippen molar-refractivity contribution in [3.8, 4) is 11.8 Å². The third-order valence-corrected chi connectivity index (χ3v) is 6.37. The molecule has 4 rings (SSSR count). The monoisotopic (exact) mass is 465 g/mol. The van der Waals surface area contributed by atoms with Crippen molar-refractivity contribution in [2.45, 2.75) is 12.3 Å². The van der Waals surface area contributed by atoms with E-state index in [1.807, 2.05) is 34.9 Å². The lowest BCUT2D eigenvalue weighted by molar-refractivity contribution is -0.385. The van der Waals surface area contributed by atoms with Gasteiger partial charge in [0.05, 0.1) is 34.9 Å². The molecule has 1 aliphatic rings. The number of thioether (sulfide) groups is 1. The lowest BCUT2D eigenvalue weighted by Gasteiger charge is -2.16. The molecule has 11 heteroatoms. The number of carbonyl (C=O) groups is 2. The van der Waals surface area contributed by atoms with Crippen LogP contribution < -0.4 is 9.64 Å². The number of fused-ring (bicyclic) bond motifs is 3. The summed E-state index contributed by atoms with van der Waals surface area (Å²) in [6.45, 7) is 0.888. The first kappa shape index (κ1) is 22.3. The van der Waals surface area contributed by atoms with Crippen molar-refractivity contribution in [3.05, 3.63) is 58.1 Å². The van der Waals surface area contributed by atoms with E-state index < -0.39 is 22.5 Å². The zero-order valence-electron chi connectivity index (χ0n) is 17.6. The van der Waals surface area contributed by atoms with Gasteiger partial charge in [-0.2, -0.15) is 5.26 Å². The van der Waals surface area contributed by atoms with Gasteiger partial charge in [-0.3, -0.25) is 24.6 Å². The summed E-state index contributed by atoms with van der Waals surface area (Å²) in [7, 11) is 1.35. The molecule has 10 nitrogen and oxygen atoms in total. The number of aromatic nitrogens is 2. The van der Waals surface area contributed by atoms with Crippen LogP contribution in [0.3, 0.4) is 0 Å². The molecule has 0 aliphatic carbocycles.